The van der Waals surface area contributed by atoms with E-state index in [0.717, 1.165) is 27.6 Å². The van der Waals surface area contributed by atoms with Gasteiger partial charge in [-0.1, -0.05) is 140 Å². The standard InChI is InChI=1S/C43H27N3S/c1-3-9-28(10-4-1)30-15-17-31(18-16-30)41-44-42(35-22-21-33-25-32(19-20-34(33)26-35)29-11-5-2-6-12-29)46-43(45-41)36-23-24-38-37-13-7-8-14-39(37)47-40(38)27-36/h1-27H. The second kappa shape index (κ2) is 11.4. The van der Waals surface area contributed by atoms with Gasteiger partial charge in [0.1, 0.15) is 0 Å². The average molecular weight is 618 g/mol. The number of aromatic nitrogens is 3. The zero-order valence-corrected chi connectivity index (χ0v) is 26.2. The van der Waals surface area contributed by atoms with Crippen LogP contribution in [-0.2, 0) is 0 Å². The second-order valence-electron chi connectivity index (χ2n) is 11.7. The van der Waals surface area contributed by atoms with Crippen molar-refractivity contribution in [3.8, 4) is 56.4 Å². The van der Waals surface area contributed by atoms with Gasteiger partial charge in [0.05, 0.1) is 0 Å². The highest BCUT2D eigenvalue weighted by molar-refractivity contribution is 7.25. The van der Waals surface area contributed by atoms with Crippen molar-refractivity contribution in [3.63, 3.8) is 0 Å². The van der Waals surface area contributed by atoms with Gasteiger partial charge in [-0.05, 0) is 57.3 Å². The predicted molar refractivity (Wildman–Crippen MR) is 197 cm³/mol. The van der Waals surface area contributed by atoms with E-state index in [-0.39, 0.29) is 0 Å². The van der Waals surface area contributed by atoms with Crippen LogP contribution in [0.25, 0.3) is 87.4 Å². The Hall–Kier alpha value is -5.97. The highest BCUT2D eigenvalue weighted by Gasteiger charge is 2.15. The van der Waals surface area contributed by atoms with Crippen LogP contribution in [0.3, 0.4) is 0 Å². The molecule has 2 heterocycles. The SMILES string of the molecule is c1ccc(-c2ccc(-c3nc(-c4ccc5cc(-c6ccccc6)ccc5c4)nc(-c4ccc5c(c4)sc4ccccc45)n3)cc2)cc1. The van der Waals surface area contributed by atoms with Crippen LogP contribution in [0.15, 0.2) is 164 Å². The minimum absolute atomic E-state index is 0.653. The molecule has 0 fully saturated rings. The molecule has 0 unspecified atom stereocenters. The van der Waals surface area contributed by atoms with Gasteiger partial charge in [-0.3, -0.25) is 0 Å². The lowest BCUT2D eigenvalue weighted by Crippen LogP contribution is -2.00. The molecular formula is C43H27N3S. The molecule has 4 heteroatoms. The van der Waals surface area contributed by atoms with Crippen molar-refractivity contribution in [3.05, 3.63) is 164 Å². The first-order valence-corrected chi connectivity index (χ1v) is 16.5. The first-order chi connectivity index (χ1) is 23.2. The maximum atomic E-state index is 5.08. The fourth-order valence-electron chi connectivity index (χ4n) is 6.27. The Labute approximate surface area is 276 Å². The molecule has 0 spiro atoms. The summed E-state index contributed by atoms with van der Waals surface area (Å²) in [4.78, 5) is 15.2. The predicted octanol–water partition coefficient (Wildman–Crippen LogP) is 11.7. The quantitative estimate of drug-likeness (QED) is 0.193. The molecule has 0 aliphatic heterocycles. The third kappa shape index (κ3) is 5.15. The van der Waals surface area contributed by atoms with Gasteiger partial charge in [-0.25, -0.2) is 15.0 Å². The smallest absolute Gasteiger partial charge is 0.164 e. The van der Waals surface area contributed by atoms with Gasteiger partial charge in [-0.15, -0.1) is 11.3 Å². The molecule has 9 rings (SSSR count). The first kappa shape index (κ1) is 27.3. The molecule has 9 aromatic rings. The van der Waals surface area contributed by atoms with Crippen LogP contribution in [-0.4, -0.2) is 15.0 Å². The van der Waals surface area contributed by atoms with E-state index in [9.17, 15) is 0 Å². The molecular weight excluding hydrogens is 591 g/mol. The number of fused-ring (bicyclic) bond motifs is 4. The molecule has 7 aromatic carbocycles. The Morgan fingerprint density at radius 1 is 0.298 bits per heavy atom. The highest BCUT2D eigenvalue weighted by Crippen LogP contribution is 2.37. The van der Waals surface area contributed by atoms with Gasteiger partial charge in [-0.2, -0.15) is 0 Å². The van der Waals surface area contributed by atoms with Crippen LogP contribution in [0, 0.1) is 0 Å². The molecule has 0 aliphatic rings. The van der Waals surface area contributed by atoms with Crippen molar-refractivity contribution < 1.29 is 0 Å². The molecule has 0 amide bonds. The monoisotopic (exact) mass is 617 g/mol. The molecule has 0 atom stereocenters. The van der Waals surface area contributed by atoms with E-state index >= 15 is 0 Å². The average Bonchev–Trinajstić information content (AvgIpc) is 3.53. The zero-order valence-electron chi connectivity index (χ0n) is 25.3. The Morgan fingerprint density at radius 3 is 1.45 bits per heavy atom. The number of nitrogens with zero attached hydrogens (tertiary/aromatic N) is 3. The van der Waals surface area contributed by atoms with E-state index in [0.29, 0.717) is 17.5 Å². The lowest BCUT2D eigenvalue weighted by atomic mass is 10.00. The van der Waals surface area contributed by atoms with E-state index in [1.807, 2.05) is 12.1 Å². The summed E-state index contributed by atoms with van der Waals surface area (Å²) in [5, 5.41) is 4.85. The normalized spacial score (nSPS) is 11.4. The Morgan fingerprint density at radius 2 is 0.745 bits per heavy atom. The summed E-state index contributed by atoms with van der Waals surface area (Å²) < 4.78 is 2.50. The number of benzene rings is 7. The number of thiophene rings is 1. The van der Waals surface area contributed by atoms with E-state index in [4.69, 9.17) is 15.0 Å². The second-order valence-corrected chi connectivity index (χ2v) is 12.8. The van der Waals surface area contributed by atoms with E-state index in [1.165, 1.54) is 42.2 Å². The van der Waals surface area contributed by atoms with Crippen molar-refractivity contribution in [1.29, 1.82) is 0 Å². The summed E-state index contributed by atoms with van der Waals surface area (Å²) in [6.07, 6.45) is 0. The molecule has 0 bridgehead atoms. The summed E-state index contributed by atoms with van der Waals surface area (Å²) in [7, 11) is 0. The van der Waals surface area contributed by atoms with Gasteiger partial charge in [0.25, 0.3) is 0 Å². The Bertz CT molecular complexity index is 2550. The van der Waals surface area contributed by atoms with Gasteiger partial charge in [0.2, 0.25) is 0 Å². The van der Waals surface area contributed by atoms with Crippen molar-refractivity contribution in [2.45, 2.75) is 0 Å². The minimum atomic E-state index is 0.653. The molecule has 0 radical (unpaired) electrons. The summed E-state index contributed by atoms with van der Waals surface area (Å²) >= 11 is 1.80. The lowest BCUT2D eigenvalue weighted by molar-refractivity contribution is 1.08. The number of hydrogen-bond acceptors (Lipinski definition) is 4. The number of hydrogen-bond donors (Lipinski definition) is 0. The van der Waals surface area contributed by atoms with Crippen LogP contribution >= 0.6 is 11.3 Å². The molecule has 220 valence electrons. The van der Waals surface area contributed by atoms with E-state index in [1.54, 1.807) is 11.3 Å². The van der Waals surface area contributed by atoms with Crippen LogP contribution < -0.4 is 0 Å². The van der Waals surface area contributed by atoms with Crippen molar-refractivity contribution in [2.75, 3.05) is 0 Å². The van der Waals surface area contributed by atoms with Crippen LogP contribution in [0.4, 0.5) is 0 Å². The maximum Gasteiger partial charge on any atom is 0.164 e. The fourth-order valence-corrected chi connectivity index (χ4v) is 7.41. The third-order valence-corrected chi connectivity index (χ3v) is 9.86. The largest absolute Gasteiger partial charge is 0.208 e. The molecule has 3 nitrogen and oxygen atoms in total. The van der Waals surface area contributed by atoms with Crippen molar-refractivity contribution in [1.82, 2.24) is 15.0 Å². The van der Waals surface area contributed by atoms with Gasteiger partial charge in [0, 0.05) is 36.9 Å². The van der Waals surface area contributed by atoms with Gasteiger partial charge < -0.3 is 0 Å². The molecule has 0 saturated heterocycles. The number of rotatable bonds is 5. The van der Waals surface area contributed by atoms with Crippen LogP contribution in [0.1, 0.15) is 0 Å². The van der Waals surface area contributed by atoms with Crippen molar-refractivity contribution >= 4 is 42.3 Å². The molecule has 0 saturated carbocycles. The van der Waals surface area contributed by atoms with Crippen LogP contribution in [0.2, 0.25) is 0 Å². The molecule has 0 aliphatic carbocycles. The Balaban J connectivity index is 1.17. The third-order valence-electron chi connectivity index (χ3n) is 8.73. The summed E-state index contributed by atoms with van der Waals surface area (Å²) in [5.41, 5.74) is 7.63. The fraction of sp³-hybridized carbons (Fsp3) is 0. The van der Waals surface area contributed by atoms with Crippen LogP contribution in [0.5, 0.6) is 0 Å². The summed E-state index contributed by atoms with van der Waals surface area (Å²) in [6, 6.07) is 57.6. The summed E-state index contributed by atoms with van der Waals surface area (Å²) in [6.45, 7) is 0. The highest BCUT2D eigenvalue weighted by atomic mass is 32.1. The lowest BCUT2D eigenvalue weighted by Gasteiger charge is -2.10. The van der Waals surface area contributed by atoms with Crippen molar-refractivity contribution in [2.24, 2.45) is 0 Å². The topological polar surface area (TPSA) is 38.7 Å². The van der Waals surface area contributed by atoms with E-state index in [2.05, 4.69) is 152 Å². The molecule has 0 N–H and O–H groups in total. The first-order valence-electron chi connectivity index (χ1n) is 15.7. The minimum Gasteiger partial charge on any atom is -0.208 e. The van der Waals surface area contributed by atoms with Gasteiger partial charge >= 0.3 is 0 Å². The van der Waals surface area contributed by atoms with E-state index < -0.39 is 0 Å². The zero-order chi connectivity index (χ0) is 31.2. The Kier molecular flexibility index (Phi) is 6.65. The summed E-state index contributed by atoms with van der Waals surface area (Å²) in [5.74, 6) is 1.97. The maximum absolute atomic E-state index is 5.08. The molecule has 2 aromatic heterocycles. The molecule has 47 heavy (non-hydrogen) atoms. The van der Waals surface area contributed by atoms with Gasteiger partial charge in [0.15, 0.2) is 17.5 Å².